The number of ether oxygens (including phenoxy) is 1. The maximum atomic E-state index is 9.11. The van der Waals surface area contributed by atoms with E-state index >= 15 is 0 Å². The van der Waals surface area contributed by atoms with E-state index in [1.54, 1.807) is 0 Å². The molecule has 1 heterocycles. The van der Waals surface area contributed by atoms with Gasteiger partial charge in [-0.15, -0.1) is 0 Å². The molecule has 0 saturated carbocycles. The van der Waals surface area contributed by atoms with Gasteiger partial charge in [-0.3, -0.25) is 0 Å². The summed E-state index contributed by atoms with van der Waals surface area (Å²) in [6.07, 6.45) is 1.38. The number of para-hydroxylation sites is 1. The molecule has 1 aliphatic rings. The van der Waals surface area contributed by atoms with Gasteiger partial charge < -0.3 is 10.1 Å². The monoisotopic (exact) mass is 278 g/mol. The molecule has 3 heteroatoms. The number of rotatable bonds is 4. The van der Waals surface area contributed by atoms with Crippen molar-refractivity contribution in [1.29, 1.82) is 5.26 Å². The fraction of sp³-hybridized carbons (Fsp3) is 0.278. The summed E-state index contributed by atoms with van der Waals surface area (Å²) in [6.45, 7) is 0.711. The van der Waals surface area contributed by atoms with E-state index in [-0.39, 0.29) is 12.1 Å². The lowest BCUT2D eigenvalue weighted by Crippen LogP contribution is -2.30. The van der Waals surface area contributed by atoms with Crippen molar-refractivity contribution in [3.8, 4) is 11.8 Å². The first-order chi connectivity index (χ1) is 10.4. The van der Waals surface area contributed by atoms with Crippen LogP contribution in [0.15, 0.2) is 54.6 Å². The van der Waals surface area contributed by atoms with Crippen LogP contribution in [0.25, 0.3) is 0 Å². The van der Waals surface area contributed by atoms with Crippen LogP contribution in [0.4, 0.5) is 0 Å². The third-order valence-corrected chi connectivity index (χ3v) is 3.86. The summed E-state index contributed by atoms with van der Waals surface area (Å²) in [6, 6.07) is 20.9. The second-order valence-corrected chi connectivity index (χ2v) is 5.22. The Morgan fingerprint density at radius 2 is 1.90 bits per heavy atom. The number of fused-ring (bicyclic) bond motifs is 1. The van der Waals surface area contributed by atoms with Crippen molar-refractivity contribution < 1.29 is 4.74 Å². The summed E-state index contributed by atoms with van der Waals surface area (Å²) in [5.74, 6) is 0.949. The number of benzene rings is 2. The van der Waals surface area contributed by atoms with Gasteiger partial charge >= 0.3 is 0 Å². The molecule has 1 aliphatic heterocycles. The summed E-state index contributed by atoms with van der Waals surface area (Å²) < 4.78 is 5.70. The van der Waals surface area contributed by atoms with Crippen molar-refractivity contribution in [2.45, 2.75) is 24.9 Å². The molecule has 0 amide bonds. The largest absolute Gasteiger partial charge is 0.493 e. The molecule has 0 radical (unpaired) electrons. The second-order valence-electron chi connectivity index (χ2n) is 5.22. The van der Waals surface area contributed by atoms with E-state index in [0.29, 0.717) is 13.0 Å². The van der Waals surface area contributed by atoms with Gasteiger partial charge in [-0.1, -0.05) is 48.5 Å². The molecule has 106 valence electrons. The fourth-order valence-electron chi connectivity index (χ4n) is 2.81. The van der Waals surface area contributed by atoms with Gasteiger partial charge in [0.25, 0.3) is 0 Å². The van der Waals surface area contributed by atoms with E-state index in [0.717, 1.165) is 17.7 Å². The molecule has 0 spiro atoms. The van der Waals surface area contributed by atoms with E-state index in [9.17, 15) is 0 Å². The maximum Gasteiger partial charge on any atom is 0.124 e. The zero-order chi connectivity index (χ0) is 14.5. The van der Waals surface area contributed by atoms with Crippen LogP contribution in [0.5, 0.6) is 5.75 Å². The summed E-state index contributed by atoms with van der Waals surface area (Å²) in [5.41, 5.74) is 2.34. The molecule has 21 heavy (non-hydrogen) atoms. The van der Waals surface area contributed by atoms with E-state index < -0.39 is 0 Å². The molecule has 2 unspecified atom stereocenters. The van der Waals surface area contributed by atoms with Gasteiger partial charge in [-0.25, -0.2) is 0 Å². The average molecular weight is 278 g/mol. The number of nitriles is 1. The van der Waals surface area contributed by atoms with Crippen molar-refractivity contribution in [2.75, 3.05) is 6.61 Å². The van der Waals surface area contributed by atoms with E-state index in [4.69, 9.17) is 10.00 Å². The number of nitrogens with one attached hydrogen (secondary N) is 1. The van der Waals surface area contributed by atoms with Gasteiger partial charge in [0.2, 0.25) is 0 Å². The lowest BCUT2D eigenvalue weighted by atomic mass is 9.97. The maximum absolute atomic E-state index is 9.11. The first-order valence-electron chi connectivity index (χ1n) is 7.28. The fourth-order valence-corrected chi connectivity index (χ4v) is 2.81. The highest BCUT2D eigenvalue weighted by Crippen LogP contribution is 2.33. The third-order valence-electron chi connectivity index (χ3n) is 3.86. The summed E-state index contributed by atoms with van der Waals surface area (Å²) in [4.78, 5) is 0. The molecular formula is C18H18N2O. The smallest absolute Gasteiger partial charge is 0.124 e. The van der Waals surface area contributed by atoms with Crippen LogP contribution in [0.1, 0.15) is 36.1 Å². The number of hydrogen-bond acceptors (Lipinski definition) is 3. The summed E-state index contributed by atoms with van der Waals surface area (Å²) >= 11 is 0. The molecule has 0 bridgehead atoms. The first kappa shape index (κ1) is 13.7. The van der Waals surface area contributed by atoms with E-state index in [1.807, 2.05) is 36.4 Å². The Morgan fingerprint density at radius 1 is 1.14 bits per heavy atom. The van der Waals surface area contributed by atoms with Crippen molar-refractivity contribution >= 4 is 0 Å². The zero-order valence-electron chi connectivity index (χ0n) is 11.8. The Balaban J connectivity index is 1.83. The molecule has 0 saturated heterocycles. The van der Waals surface area contributed by atoms with E-state index in [1.165, 1.54) is 5.56 Å². The highest BCUT2D eigenvalue weighted by atomic mass is 16.5. The molecule has 0 aliphatic carbocycles. The Morgan fingerprint density at radius 3 is 2.71 bits per heavy atom. The van der Waals surface area contributed by atoms with Gasteiger partial charge in [0.15, 0.2) is 0 Å². The molecule has 2 aromatic carbocycles. The standard InChI is InChI=1S/C18H18N2O/c19-12-10-16(14-6-2-1-3-7-14)20-17-11-13-21-18-9-5-4-8-15(17)18/h1-9,16-17,20H,10-11,13H2. The SMILES string of the molecule is N#CCC(NC1CCOc2ccccc21)c1ccccc1. The number of hydrogen-bond donors (Lipinski definition) is 1. The van der Waals surface area contributed by atoms with Crippen molar-refractivity contribution in [3.63, 3.8) is 0 Å². The average Bonchev–Trinajstić information content (AvgIpc) is 2.55. The van der Waals surface area contributed by atoms with Gasteiger partial charge in [0.1, 0.15) is 5.75 Å². The molecule has 0 fully saturated rings. The van der Waals surface area contributed by atoms with Crippen LogP contribution in [0.2, 0.25) is 0 Å². The Bertz CT molecular complexity index is 633. The molecule has 0 aromatic heterocycles. The Labute approximate surface area is 125 Å². The molecule has 2 aromatic rings. The van der Waals surface area contributed by atoms with Crippen LogP contribution in [-0.2, 0) is 0 Å². The van der Waals surface area contributed by atoms with Crippen LogP contribution >= 0.6 is 0 Å². The topological polar surface area (TPSA) is 45.0 Å². The summed E-state index contributed by atoms with van der Waals surface area (Å²) in [5, 5.41) is 12.7. The van der Waals surface area contributed by atoms with Crippen LogP contribution < -0.4 is 10.1 Å². The predicted octanol–water partition coefficient (Wildman–Crippen LogP) is 3.75. The van der Waals surface area contributed by atoms with Crippen LogP contribution in [0.3, 0.4) is 0 Å². The van der Waals surface area contributed by atoms with Crippen LogP contribution in [-0.4, -0.2) is 6.61 Å². The van der Waals surface area contributed by atoms with Crippen molar-refractivity contribution in [2.24, 2.45) is 0 Å². The third kappa shape index (κ3) is 3.07. The lowest BCUT2D eigenvalue weighted by Gasteiger charge is -2.30. The normalized spacial score (nSPS) is 18.1. The number of nitrogens with zero attached hydrogens (tertiary/aromatic N) is 1. The summed E-state index contributed by atoms with van der Waals surface area (Å²) in [7, 11) is 0. The molecular weight excluding hydrogens is 260 g/mol. The van der Waals surface area contributed by atoms with Gasteiger partial charge in [-0.2, -0.15) is 5.26 Å². The van der Waals surface area contributed by atoms with Crippen LogP contribution in [0, 0.1) is 11.3 Å². The highest BCUT2D eigenvalue weighted by molar-refractivity contribution is 5.37. The minimum atomic E-state index is 0.0485. The molecule has 3 rings (SSSR count). The zero-order valence-corrected chi connectivity index (χ0v) is 11.8. The van der Waals surface area contributed by atoms with Gasteiger partial charge in [-0.05, 0) is 11.6 Å². The van der Waals surface area contributed by atoms with Crippen molar-refractivity contribution in [1.82, 2.24) is 5.32 Å². The molecule has 2 atom stereocenters. The van der Waals surface area contributed by atoms with Crippen molar-refractivity contribution in [3.05, 3.63) is 65.7 Å². The second kappa shape index (κ2) is 6.43. The van der Waals surface area contributed by atoms with Gasteiger partial charge in [0.05, 0.1) is 19.1 Å². The minimum absolute atomic E-state index is 0.0485. The van der Waals surface area contributed by atoms with E-state index in [2.05, 4.69) is 29.6 Å². The first-order valence-corrected chi connectivity index (χ1v) is 7.28. The molecule has 1 N–H and O–H groups in total. The lowest BCUT2D eigenvalue weighted by molar-refractivity contribution is 0.244. The predicted molar refractivity (Wildman–Crippen MR) is 81.8 cm³/mol. The quantitative estimate of drug-likeness (QED) is 0.926. The van der Waals surface area contributed by atoms with Gasteiger partial charge in [0, 0.05) is 24.1 Å². The molecule has 3 nitrogen and oxygen atoms in total. The highest BCUT2D eigenvalue weighted by Gasteiger charge is 2.24. The Hall–Kier alpha value is -2.31. The Kier molecular flexibility index (Phi) is 4.18. The minimum Gasteiger partial charge on any atom is -0.493 e.